The number of hydrogen-bond acceptors (Lipinski definition) is 4. The topological polar surface area (TPSA) is 64.6 Å². The number of carbonyl (C=O) groups excluding carboxylic acids is 2. The summed E-state index contributed by atoms with van der Waals surface area (Å²) in [6, 6.07) is 12.4. The van der Waals surface area contributed by atoms with Gasteiger partial charge in [-0.25, -0.2) is 0 Å². The van der Waals surface area contributed by atoms with Gasteiger partial charge in [-0.15, -0.1) is 0 Å². The van der Waals surface area contributed by atoms with Crippen molar-refractivity contribution in [3.05, 3.63) is 64.2 Å². The second-order valence-corrected chi connectivity index (χ2v) is 6.84. The van der Waals surface area contributed by atoms with Gasteiger partial charge < -0.3 is 14.8 Å². The van der Waals surface area contributed by atoms with Crippen molar-refractivity contribution in [3.8, 4) is 5.75 Å². The molecular formula is C21H24ClNO4. The van der Waals surface area contributed by atoms with Gasteiger partial charge in [0.05, 0.1) is 12.5 Å². The number of aryl methyl sites for hydroxylation is 2. The van der Waals surface area contributed by atoms with Crippen LogP contribution < -0.4 is 10.1 Å². The highest BCUT2D eigenvalue weighted by atomic mass is 35.5. The van der Waals surface area contributed by atoms with Gasteiger partial charge in [-0.2, -0.15) is 0 Å². The predicted molar refractivity (Wildman–Crippen MR) is 105 cm³/mol. The monoisotopic (exact) mass is 389 g/mol. The molecule has 27 heavy (non-hydrogen) atoms. The summed E-state index contributed by atoms with van der Waals surface area (Å²) < 4.78 is 10.9. The minimum Gasteiger partial charge on any atom is -0.490 e. The zero-order valence-corrected chi connectivity index (χ0v) is 16.5. The maximum Gasteiger partial charge on any atom is 0.308 e. The van der Waals surface area contributed by atoms with Crippen LogP contribution in [0.15, 0.2) is 42.5 Å². The standard InChI is InChI=1S/C21H24ClNO4/c1-14-10-15(2)12-19(11-14)26-8-9-27-21(25)13-20(23-16(3)24)17-4-6-18(22)7-5-17/h4-7,10-12,20H,8-9,13H2,1-3H3,(H,23,24). The predicted octanol–water partition coefficient (Wildman–Crippen LogP) is 4.15. The molecule has 5 nitrogen and oxygen atoms in total. The zero-order chi connectivity index (χ0) is 19.8. The lowest BCUT2D eigenvalue weighted by Crippen LogP contribution is -2.29. The van der Waals surface area contributed by atoms with Crippen molar-refractivity contribution < 1.29 is 19.1 Å². The molecule has 0 aliphatic heterocycles. The molecule has 0 spiro atoms. The normalized spacial score (nSPS) is 11.6. The quantitative estimate of drug-likeness (QED) is 0.544. The Kier molecular flexibility index (Phi) is 7.67. The molecule has 6 heteroatoms. The first-order valence-corrected chi connectivity index (χ1v) is 9.10. The van der Waals surface area contributed by atoms with Gasteiger partial charge in [-0.05, 0) is 54.8 Å². The molecule has 2 aromatic carbocycles. The highest BCUT2D eigenvalue weighted by Gasteiger charge is 2.18. The number of halogens is 1. The molecule has 0 bridgehead atoms. The van der Waals surface area contributed by atoms with E-state index in [0.717, 1.165) is 22.4 Å². The van der Waals surface area contributed by atoms with E-state index in [4.69, 9.17) is 21.1 Å². The summed E-state index contributed by atoms with van der Waals surface area (Å²) in [4.78, 5) is 23.6. The summed E-state index contributed by atoms with van der Waals surface area (Å²) in [6.07, 6.45) is 0.0325. The van der Waals surface area contributed by atoms with Crippen LogP contribution >= 0.6 is 11.6 Å². The molecule has 144 valence electrons. The molecule has 0 aliphatic rings. The van der Waals surface area contributed by atoms with E-state index in [0.29, 0.717) is 5.02 Å². The Morgan fingerprint density at radius 3 is 2.26 bits per heavy atom. The van der Waals surface area contributed by atoms with Gasteiger partial charge in [0.15, 0.2) is 0 Å². The second-order valence-electron chi connectivity index (χ2n) is 6.40. The highest BCUT2D eigenvalue weighted by molar-refractivity contribution is 6.30. The molecular weight excluding hydrogens is 366 g/mol. The van der Waals surface area contributed by atoms with Gasteiger partial charge in [-0.3, -0.25) is 9.59 Å². The lowest BCUT2D eigenvalue weighted by atomic mass is 10.0. The van der Waals surface area contributed by atoms with Crippen LogP contribution in [0.4, 0.5) is 0 Å². The van der Waals surface area contributed by atoms with E-state index >= 15 is 0 Å². The van der Waals surface area contributed by atoms with Gasteiger partial charge in [0.1, 0.15) is 19.0 Å². The second kappa shape index (κ2) is 9.97. The van der Waals surface area contributed by atoms with Crippen LogP contribution in [-0.2, 0) is 14.3 Å². The van der Waals surface area contributed by atoms with E-state index in [2.05, 4.69) is 11.4 Å². The summed E-state index contributed by atoms with van der Waals surface area (Å²) in [6.45, 7) is 5.81. The third-order valence-electron chi connectivity index (χ3n) is 3.83. The van der Waals surface area contributed by atoms with Crippen LogP contribution in [-0.4, -0.2) is 25.1 Å². The molecule has 0 aliphatic carbocycles. The van der Waals surface area contributed by atoms with Gasteiger partial charge in [0.25, 0.3) is 0 Å². The Labute approximate surface area is 164 Å². The first-order chi connectivity index (χ1) is 12.8. The number of nitrogens with one attached hydrogen (secondary N) is 1. The molecule has 0 fully saturated rings. The van der Waals surface area contributed by atoms with Crippen LogP contribution in [0, 0.1) is 13.8 Å². The van der Waals surface area contributed by atoms with Gasteiger partial charge in [0.2, 0.25) is 5.91 Å². The molecule has 2 aromatic rings. The van der Waals surface area contributed by atoms with Crippen molar-refractivity contribution in [1.82, 2.24) is 5.32 Å². The fraction of sp³-hybridized carbons (Fsp3) is 0.333. The highest BCUT2D eigenvalue weighted by Crippen LogP contribution is 2.20. The smallest absolute Gasteiger partial charge is 0.308 e. The van der Waals surface area contributed by atoms with Gasteiger partial charge in [0, 0.05) is 11.9 Å². The number of rotatable bonds is 8. The Hall–Kier alpha value is -2.53. The molecule has 0 radical (unpaired) electrons. The first-order valence-electron chi connectivity index (χ1n) is 8.73. The molecule has 1 unspecified atom stereocenters. The van der Waals surface area contributed by atoms with Crippen molar-refractivity contribution >= 4 is 23.5 Å². The molecule has 1 amide bonds. The number of benzene rings is 2. The van der Waals surface area contributed by atoms with E-state index in [9.17, 15) is 9.59 Å². The molecule has 1 atom stereocenters. The minimum absolute atomic E-state index is 0.0325. The Balaban J connectivity index is 1.84. The summed E-state index contributed by atoms with van der Waals surface area (Å²) >= 11 is 5.89. The van der Waals surface area contributed by atoms with Crippen molar-refractivity contribution in [2.75, 3.05) is 13.2 Å². The number of ether oxygens (including phenoxy) is 2. The first kappa shape index (κ1) is 20.8. The van der Waals surface area contributed by atoms with E-state index in [1.807, 2.05) is 26.0 Å². The Morgan fingerprint density at radius 2 is 1.67 bits per heavy atom. The molecule has 0 saturated heterocycles. The molecule has 0 heterocycles. The van der Waals surface area contributed by atoms with Gasteiger partial charge in [-0.1, -0.05) is 29.8 Å². The largest absolute Gasteiger partial charge is 0.490 e. The van der Waals surface area contributed by atoms with Crippen LogP contribution in [0.2, 0.25) is 5.02 Å². The number of hydrogen-bond donors (Lipinski definition) is 1. The number of esters is 1. The molecule has 0 aromatic heterocycles. The third kappa shape index (κ3) is 7.31. The average molecular weight is 390 g/mol. The van der Waals surface area contributed by atoms with E-state index < -0.39 is 12.0 Å². The number of amides is 1. The minimum atomic E-state index is -0.465. The summed E-state index contributed by atoms with van der Waals surface area (Å²) in [5.41, 5.74) is 3.02. The van der Waals surface area contributed by atoms with Crippen LogP contribution in [0.1, 0.15) is 36.1 Å². The van der Waals surface area contributed by atoms with Gasteiger partial charge >= 0.3 is 5.97 Å². The SMILES string of the molecule is CC(=O)NC(CC(=O)OCCOc1cc(C)cc(C)c1)c1ccc(Cl)cc1. The van der Waals surface area contributed by atoms with Crippen molar-refractivity contribution in [2.24, 2.45) is 0 Å². The molecule has 0 saturated carbocycles. The fourth-order valence-corrected chi connectivity index (χ4v) is 2.88. The van der Waals surface area contributed by atoms with Crippen molar-refractivity contribution in [2.45, 2.75) is 33.2 Å². The maximum atomic E-state index is 12.1. The number of carbonyl (C=O) groups is 2. The summed E-state index contributed by atoms with van der Waals surface area (Å²) in [7, 11) is 0. The molecule has 1 N–H and O–H groups in total. The Bertz CT molecular complexity index is 769. The van der Waals surface area contributed by atoms with Crippen LogP contribution in [0.25, 0.3) is 0 Å². The summed E-state index contributed by atoms with van der Waals surface area (Å²) in [5.74, 6) is 0.120. The fourth-order valence-electron chi connectivity index (χ4n) is 2.75. The van der Waals surface area contributed by atoms with E-state index in [-0.39, 0.29) is 25.5 Å². The van der Waals surface area contributed by atoms with Crippen LogP contribution in [0.3, 0.4) is 0 Å². The van der Waals surface area contributed by atoms with Crippen molar-refractivity contribution in [3.63, 3.8) is 0 Å². The van der Waals surface area contributed by atoms with E-state index in [1.165, 1.54) is 6.92 Å². The van der Waals surface area contributed by atoms with E-state index in [1.54, 1.807) is 24.3 Å². The lowest BCUT2D eigenvalue weighted by molar-refractivity contribution is -0.145. The third-order valence-corrected chi connectivity index (χ3v) is 4.08. The van der Waals surface area contributed by atoms with Crippen molar-refractivity contribution in [1.29, 1.82) is 0 Å². The zero-order valence-electron chi connectivity index (χ0n) is 15.8. The lowest BCUT2D eigenvalue weighted by Gasteiger charge is -2.18. The molecule has 2 rings (SSSR count). The summed E-state index contributed by atoms with van der Waals surface area (Å²) in [5, 5.41) is 3.35. The maximum absolute atomic E-state index is 12.1. The van der Waals surface area contributed by atoms with Crippen LogP contribution in [0.5, 0.6) is 5.75 Å². The average Bonchev–Trinajstić information content (AvgIpc) is 2.57. The Morgan fingerprint density at radius 1 is 1.04 bits per heavy atom.